The van der Waals surface area contributed by atoms with E-state index in [0.29, 0.717) is 40.8 Å². The van der Waals surface area contributed by atoms with Gasteiger partial charge in [-0.3, -0.25) is 24.3 Å². The van der Waals surface area contributed by atoms with Crippen molar-refractivity contribution in [1.82, 2.24) is 30.0 Å². The van der Waals surface area contributed by atoms with Gasteiger partial charge >= 0.3 is 0 Å². The number of thiazole rings is 2. The molecule has 4 amide bonds. The van der Waals surface area contributed by atoms with E-state index in [1.54, 1.807) is 4.90 Å². The molecule has 0 saturated carbocycles. The molecule has 1 atom stereocenters. The number of aromatic nitrogens is 4. The van der Waals surface area contributed by atoms with Gasteiger partial charge in [0.15, 0.2) is 10.0 Å². The van der Waals surface area contributed by atoms with E-state index < -0.39 is 6.04 Å². The van der Waals surface area contributed by atoms with Crippen molar-refractivity contribution in [2.24, 2.45) is 0 Å². The van der Waals surface area contributed by atoms with Crippen molar-refractivity contribution in [2.45, 2.75) is 31.7 Å². The fraction of sp³-hybridized carbons (Fsp3) is 0.195. The number of carbonyl (C=O) groups excluding carboxylic acids is 4. The molecule has 4 aromatic carbocycles. The van der Waals surface area contributed by atoms with Gasteiger partial charge in [-0.25, -0.2) is 9.97 Å². The number of H-pyrrole nitrogens is 1. The van der Waals surface area contributed by atoms with Crippen molar-refractivity contribution in [3.63, 3.8) is 0 Å². The normalized spacial score (nSPS) is 15.2. The standard InChI is InChI=1S/C29H24N6O3S.C12H12N2OS/c36-17-30-20-11-7-18(8-12-20)23-16-24(34-33-23)19-9-13-21(14-10-19)31-27(37)25-5-3-15-35(25)29(38)28-32-22-4-1-2-6-26(22)39-28;15-12(14-7-3-4-8-14)11-13-9-5-1-2-6-10(9)16-11/h1-2,4,6-14,16-17,25H,3,5,15H2,(H,30,36)(H,31,37)(H,33,34);1-2,5-6H,3-4,7-8H2/t25-;/m0./s1. The molecule has 14 heteroatoms. The van der Waals surface area contributed by atoms with E-state index in [4.69, 9.17) is 0 Å². The van der Waals surface area contributed by atoms with Crippen LogP contribution < -0.4 is 10.6 Å². The molecule has 0 aliphatic carbocycles. The van der Waals surface area contributed by atoms with Crippen LogP contribution in [0.3, 0.4) is 0 Å². The molecule has 3 N–H and O–H groups in total. The van der Waals surface area contributed by atoms with Gasteiger partial charge in [0.1, 0.15) is 6.04 Å². The van der Waals surface area contributed by atoms with E-state index in [1.807, 2.05) is 108 Å². The molecular weight excluding hydrogens is 733 g/mol. The number of hydrogen-bond acceptors (Lipinski definition) is 9. The minimum atomic E-state index is -0.535. The number of anilines is 2. The van der Waals surface area contributed by atoms with Gasteiger partial charge in [-0.2, -0.15) is 5.10 Å². The number of para-hydroxylation sites is 2. The van der Waals surface area contributed by atoms with Gasteiger partial charge in [-0.05, 0) is 85.8 Å². The zero-order chi connectivity index (χ0) is 37.7. The summed E-state index contributed by atoms with van der Waals surface area (Å²) in [5.74, 6) is -0.307. The monoisotopic (exact) mass is 768 g/mol. The molecule has 2 aliphatic rings. The first-order valence-corrected chi connectivity index (χ1v) is 19.7. The second-order valence-corrected chi connectivity index (χ2v) is 15.3. The SMILES string of the molecule is O=C(c1nc2ccccc2s1)N1CCCC1.O=CNc1ccc(-c2cc(-c3ccc(NC(=O)[C@@H]4CCCN4C(=O)c4nc5ccccc5s4)cc3)[nH]n2)cc1. The lowest BCUT2D eigenvalue weighted by Gasteiger charge is -2.23. The molecule has 2 fully saturated rings. The Labute approximate surface area is 324 Å². The van der Waals surface area contributed by atoms with Crippen molar-refractivity contribution in [2.75, 3.05) is 30.3 Å². The average Bonchev–Trinajstić information content (AvgIpc) is 4.08. The van der Waals surface area contributed by atoms with E-state index in [2.05, 4.69) is 30.8 Å². The number of amides is 4. The summed E-state index contributed by atoms with van der Waals surface area (Å²) in [5, 5.41) is 14.1. The van der Waals surface area contributed by atoms with Crippen LogP contribution in [0.25, 0.3) is 42.9 Å². The molecule has 12 nitrogen and oxygen atoms in total. The highest BCUT2D eigenvalue weighted by molar-refractivity contribution is 7.20. The zero-order valence-corrected chi connectivity index (χ0v) is 31.2. The van der Waals surface area contributed by atoms with Gasteiger partial charge < -0.3 is 20.4 Å². The molecule has 9 rings (SSSR count). The third kappa shape index (κ3) is 7.86. The van der Waals surface area contributed by atoms with Crippen LogP contribution in [0.2, 0.25) is 0 Å². The smallest absolute Gasteiger partial charge is 0.283 e. The fourth-order valence-electron chi connectivity index (χ4n) is 6.77. The molecule has 0 spiro atoms. The second kappa shape index (κ2) is 16.0. The summed E-state index contributed by atoms with van der Waals surface area (Å²) in [6, 6.07) is 31.8. The van der Waals surface area contributed by atoms with Crippen LogP contribution in [0.15, 0.2) is 103 Å². The molecule has 0 radical (unpaired) electrons. The number of nitrogens with zero attached hydrogens (tertiary/aromatic N) is 5. The Morgan fingerprint density at radius 1 is 0.709 bits per heavy atom. The molecule has 5 heterocycles. The van der Waals surface area contributed by atoms with E-state index in [9.17, 15) is 19.2 Å². The van der Waals surface area contributed by atoms with E-state index in [1.165, 1.54) is 22.7 Å². The molecule has 55 heavy (non-hydrogen) atoms. The van der Waals surface area contributed by atoms with Crippen LogP contribution in [0.1, 0.15) is 45.3 Å². The van der Waals surface area contributed by atoms with Gasteiger partial charge in [-0.1, -0.05) is 48.5 Å². The van der Waals surface area contributed by atoms with Crippen LogP contribution in [0.4, 0.5) is 11.4 Å². The van der Waals surface area contributed by atoms with Crippen molar-refractivity contribution >= 4 is 78.6 Å². The number of likely N-dealkylation sites (tertiary alicyclic amines) is 2. The largest absolute Gasteiger partial charge is 0.337 e. The first-order chi connectivity index (χ1) is 26.9. The number of nitrogens with one attached hydrogen (secondary N) is 3. The molecule has 276 valence electrons. The highest BCUT2D eigenvalue weighted by Crippen LogP contribution is 2.29. The summed E-state index contributed by atoms with van der Waals surface area (Å²) in [7, 11) is 0. The first-order valence-electron chi connectivity index (χ1n) is 18.0. The van der Waals surface area contributed by atoms with Crippen LogP contribution in [0, 0.1) is 0 Å². The Balaban J connectivity index is 0.000000221. The van der Waals surface area contributed by atoms with Crippen LogP contribution in [-0.4, -0.2) is 79.8 Å². The number of aromatic amines is 1. The van der Waals surface area contributed by atoms with Gasteiger partial charge in [0.05, 0.1) is 31.8 Å². The molecule has 7 aromatic rings. The number of fused-ring (bicyclic) bond motifs is 2. The highest BCUT2D eigenvalue weighted by Gasteiger charge is 2.36. The number of carbonyl (C=O) groups is 4. The lowest BCUT2D eigenvalue weighted by molar-refractivity contribution is -0.119. The van der Waals surface area contributed by atoms with Crippen molar-refractivity contribution in [3.05, 3.63) is 113 Å². The minimum absolute atomic E-state index is 0.0960. The summed E-state index contributed by atoms with van der Waals surface area (Å²) >= 11 is 2.84. The molecule has 3 aromatic heterocycles. The number of benzene rings is 4. The van der Waals surface area contributed by atoms with Crippen LogP contribution in [0.5, 0.6) is 0 Å². The molecule has 0 unspecified atom stereocenters. The average molecular weight is 769 g/mol. The molecule has 2 aliphatic heterocycles. The topological polar surface area (TPSA) is 153 Å². The van der Waals surface area contributed by atoms with Gasteiger partial charge in [0.2, 0.25) is 12.3 Å². The van der Waals surface area contributed by atoms with E-state index in [0.717, 1.165) is 75.3 Å². The van der Waals surface area contributed by atoms with Gasteiger partial charge in [0.25, 0.3) is 11.8 Å². The Morgan fingerprint density at radius 2 is 1.31 bits per heavy atom. The molecular formula is C41H36N8O4S2. The summed E-state index contributed by atoms with van der Waals surface area (Å²) in [6.07, 6.45) is 4.27. The van der Waals surface area contributed by atoms with Crippen LogP contribution in [-0.2, 0) is 9.59 Å². The summed E-state index contributed by atoms with van der Waals surface area (Å²) in [6.45, 7) is 2.30. The van der Waals surface area contributed by atoms with Crippen molar-refractivity contribution < 1.29 is 19.2 Å². The maximum absolute atomic E-state index is 13.2. The summed E-state index contributed by atoms with van der Waals surface area (Å²) in [4.78, 5) is 61.4. The Bertz CT molecular complexity index is 2420. The zero-order valence-electron chi connectivity index (χ0n) is 29.6. The Hall–Kier alpha value is -6.25. The maximum Gasteiger partial charge on any atom is 0.283 e. The Kier molecular flexibility index (Phi) is 10.4. The lowest BCUT2D eigenvalue weighted by Crippen LogP contribution is -2.43. The van der Waals surface area contributed by atoms with Gasteiger partial charge in [0, 0.05) is 36.6 Å². The molecule has 0 bridgehead atoms. The van der Waals surface area contributed by atoms with Crippen molar-refractivity contribution in [1.29, 1.82) is 0 Å². The summed E-state index contributed by atoms with van der Waals surface area (Å²) in [5.41, 5.74) is 6.53. The number of rotatable bonds is 8. The minimum Gasteiger partial charge on any atom is -0.337 e. The third-order valence-electron chi connectivity index (χ3n) is 9.61. The third-order valence-corrected chi connectivity index (χ3v) is 11.7. The quantitative estimate of drug-likeness (QED) is 0.134. The summed E-state index contributed by atoms with van der Waals surface area (Å²) < 4.78 is 2.04. The second-order valence-electron chi connectivity index (χ2n) is 13.2. The first kappa shape index (κ1) is 35.8. The predicted octanol–water partition coefficient (Wildman–Crippen LogP) is 7.70. The van der Waals surface area contributed by atoms with E-state index in [-0.39, 0.29) is 17.7 Å². The Morgan fingerprint density at radius 3 is 1.95 bits per heavy atom. The predicted molar refractivity (Wildman–Crippen MR) is 216 cm³/mol. The number of hydrogen-bond donors (Lipinski definition) is 3. The fourth-order valence-corrected chi connectivity index (χ4v) is 8.62. The van der Waals surface area contributed by atoms with Gasteiger partial charge in [-0.15, -0.1) is 22.7 Å². The highest BCUT2D eigenvalue weighted by atomic mass is 32.1. The van der Waals surface area contributed by atoms with Crippen molar-refractivity contribution in [3.8, 4) is 22.5 Å². The maximum atomic E-state index is 13.2. The van der Waals surface area contributed by atoms with E-state index >= 15 is 0 Å². The lowest BCUT2D eigenvalue weighted by atomic mass is 10.1. The molecule has 2 saturated heterocycles. The van der Waals surface area contributed by atoms with Crippen LogP contribution >= 0.6 is 22.7 Å².